The number of benzene rings is 4. The van der Waals surface area contributed by atoms with Crippen molar-refractivity contribution in [3.63, 3.8) is 0 Å². The van der Waals surface area contributed by atoms with Crippen LogP contribution in [0, 0.1) is 0 Å². The third kappa shape index (κ3) is 10.8. The number of nitrogens with one attached hydrogen (secondary N) is 5. The molecule has 16 nitrogen and oxygen atoms in total. The molecule has 0 spiro atoms. The number of amides is 2. The lowest BCUT2D eigenvalue weighted by atomic mass is 10.0. The van der Waals surface area contributed by atoms with Crippen LogP contribution >= 0.6 is 46.4 Å². The Hall–Kier alpha value is -6.14. The zero-order valence-corrected chi connectivity index (χ0v) is 40.2. The summed E-state index contributed by atoms with van der Waals surface area (Å²) in [7, 11) is 4.55. The molecule has 4 heterocycles. The van der Waals surface area contributed by atoms with Crippen LogP contribution in [0.4, 0.5) is 11.9 Å². The molecule has 4 atom stereocenters. The Morgan fingerprint density at radius 2 is 1.25 bits per heavy atom. The molecule has 354 valence electrons. The minimum absolute atomic E-state index is 0.0210. The van der Waals surface area contributed by atoms with E-state index in [1.165, 1.54) is 33.5 Å². The molecule has 5 N–H and O–H groups in total. The van der Waals surface area contributed by atoms with E-state index in [0.717, 1.165) is 16.3 Å². The number of nitrogens with zero attached hydrogens (tertiary/aromatic N) is 4. The normalized spacial score (nSPS) is 18.2. The first-order valence-corrected chi connectivity index (χ1v) is 23.0. The molecular formula is C48H47Cl4N9O7. The third-order valence-electron chi connectivity index (χ3n) is 11.6. The number of carbonyl (C=O) groups is 2. The summed E-state index contributed by atoms with van der Waals surface area (Å²) >= 11 is 27.2. The number of piperidine rings is 1. The van der Waals surface area contributed by atoms with Gasteiger partial charge in [0, 0.05) is 65.7 Å². The number of rotatable bonds is 16. The second-order valence-corrected chi connectivity index (χ2v) is 17.3. The Morgan fingerprint density at radius 1 is 0.721 bits per heavy atom. The molecule has 2 fully saturated rings. The van der Waals surface area contributed by atoms with E-state index in [1.54, 1.807) is 30.6 Å². The van der Waals surface area contributed by atoms with Gasteiger partial charge in [-0.15, -0.1) is 0 Å². The zero-order chi connectivity index (χ0) is 47.9. The predicted molar refractivity (Wildman–Crippen MR) is 266 cm³/mol. The lowest BCUT2D eigenvalue weighted by molar-refractivity contribution is -0.118. The first-order valence-electron chi connectivity index (χ1n) is 21.5. The molecule has 20 heteroatoms. The van der Waals surface area contributed by atoms with Crippen LogP contribution in [0.2, 0.25) is 20.1 Å². The molecule has 4 aromatic carbocycles. The number of fused-ring (bicyclic) bond motifs is 2. The number of halogens is 4. The maximum Gasteiger partial charge on any atom is 0.244 e. The van der Waals surface area contributed by atoms with Crippen molar-refractivity contribution < 1.29 is 33.3 Å². The number of ether oxygens (including phenoxy) is 5. The van der Waals surface area contributed by atoms with Crippen LogP contribution in [0.15, 0.2) is 85.7 Å². The molecular weight excluding hydrogens is 956 g/mol. The van der Waals surface area contributed by atoms with Crippen LogP contribution in [0.5, 0.6) is 23.0 Å². The SMILES string of the molecule is C=CC(=O)NC1CCOCC1Nc1ncc2cc(-c3c(Cl)c(OC)cc(OCC=CC(=O)NC4CCNCC4Nc4ncc5cc(-c6c(Cl)c(OC)cc(OC)c6Cl)ccc5n4)c3Cl)ccc2n1. The Bertz CT molecular complexity index is 2880. The number of hydrogen-bond acceptors (Lipinski definition) is 14. The highest BCUT2D eigenvalue weighted by atomic mass is 35.5. The topological polar surface area (TPSA) is 192 Å². The fraction of sp³-hybridized carbons (Fsp3) is 0.292. The summed E-state index contributed by atoms with van der Waals surface area (Å²) in [5, 5.41) is 18.9. The lowest BCUT2D eigenvalue weighted by Crippen LogP contribution is -2.55. The van der Waals surface area contributed by atoms with Crippen LogP contribution in [-0.4, -0.2) is 110 Å². The number of hydrogen-bond donors (Lipinski definition) is 5. The molecule has 8 rings (SSSR count). The van der Waals surface area contributed by atoms with E-state index in [2.05, 4.69) is 43.1 Å². The zero-order valence-electron chi connectivity index (χ0n) is 37.1. The van der Waals surface area contributed by atoms with E-state index in [4.69, 9.17) is 80.1 Å². The highest BCUT2D eigenvalue weighted by Crippen LogP contribution is 2.48. The minimum Gasteiger partial charge on any atom is -0.495 e. The Labute approximate surface area is 412 Å². The molecule has 68 heavy (non-hydrogen) atoms. The van der Waals surface area contributed by atoms with Crippen molar-refractivity contribution >= 4 is 91.9 Å². The molecule has 0 saturated carbocycles. The molecule has 2 aliphatic rings. The second-order valence-electron chi connectivity index (χ2n) is 15.8. The predicted octanol–water partition coefficient (Wildman–Crippen LogP) is 8.31. The largest absolute Gasteiger partial charge is 0.495 e. The van der Waals surface area contributed by atoms with Crippen molar-refractivity contribution in [3.05, 3.63) is 106 Å². The minimum atomic E-state index is -0.297. The maximum absolute atomic E-state index is 13.2. The van der Waals surface area contributed by atoms with Gasteiger partial charge in [0.15, 0.2) is 0 Å². The highest BCUT2D eigenvalue weighted by molar-refractivity contribution is 6.42. The average molecular weight is 1000 g/mol. The van der Waals surface area contributed by atoms with Gasteiger partial charge in [0.2, 0.25) is 23.7 Å². The van der Waals surface area contributed by atoms with Crippen LogP contribution in [0.1, 0.15) is 12.8 Å². The van der Waals surface area contributed by atoms with E-state index >= 15 is 0 Å². The average Bonchev–Trinajstić information content (AvgIpc) is 3.34. The molecule has 6 aromatic rings. The first-order chi connectivity index (χ1) is 33.0. The Kier molecular flexibility index (Phi) is 15.5. The highest BCUT2D eigenvalue weighted by Gasteiger charge is 2.29. The molecule has 2 saturated heterocycles. The summed E-state index contributed by atoms with van der Waals surface area (Å²) in [5.41, 5.74) is 3.84. The van der Waals surface area contributed by atoms with Crippen molar-refractivity contribution in [2.75, 3.05) is 64.9 Å². The summed E-state index contributed by atoms with van der Waals surface area (Å²) in [6, 6.07) is 13.6. The van der Waals surface area contributed by atoms with Crippen molar-refractivity contribution in [1.82, 2.24) is 35.9 Å². The van der Waals surface area contributed by atoms with Crippen LogP contribution < -0.4 is 45.5 Å². The summed E-state index contributed by atoms with van der Waals surface area (Å²) in [6.07, 6.45) is 8.99. The fourth-order valence-corrected chi connectivity index (χ4v) is 9.50. The number of carbonyl (C=O) groups excluding carboxylic acids is 2. The van der Waals surface area contributed by atoms with E-state index in [9.17, 15) is 9.59 Å². The standard InChI is InChI=1S/C48H47Cl4N9O7/c1-5-39(62)56-32-13-16-67-24-34(32)61-48-55-22-28-18-26(9-11-30(28)59-48)42-45(51)37(66-4)20-38(46(42)52)68-15-6-7-40(63)57-31-12-14-53-23-33(31)60-47-54-21-27-17-25(8-10-29(27)58-47)41-43(49)35(64-2)19-36(65-3)44(41)50/h5-11,17-22,31-34,53H,1,12-16,23-24H2,2-4H3,(H,56,62)(H,57,63)(H,54,58,60)(H,55,59,61). The van der Waals surface area contributed by atoms with Gasteiger partial charge < -0.3 is 50.3 Å². The number of anilines is 2. The van der Waals surface area contributed by atoms with Gasteiger partial charge in [0.05, 0.1) is 83.2 Å². The first kappa shape index (κ1) is 48.3. The van der Waals surface area contributed by atoms with Crippen LogP contribution in [-0.2, 0) is 14.3 Å². The molecule has 0 radical (unpaired) electrons. The lowest BCUT2D eigenvalue weighted by Gasteiger charge is -2.33. The number of methoxy groups -OCH3 is 3. The molecule has 0 bridgehead atoms. The van der Waals surface area contributed by atoms with E-state index < -0.39 is 0 Å². The summed E-state index contributed by atoms with van der Waals surface area (Å²) in [5.74, 6) is 1.76. The van der Waals surface area contributed by atoms with Gasteiger partial charge in [0.1, 0.15) is 29.6 Å². The quantitative estimate of drug-likeness (QED) is 0.0582. The fourth-order valence-electron chi connectivity index (χ4n) is 8.08. The van der Waals surface area contributed by atoms with Gasteiger partial charge in [-0.3, -0.25) is 9.59 Å². The molecule has 0 aliphatic carbocycles. The molecule has 4 unspecified atom stereocenters. The van der Waals surface area contributed by atoms with Crippen LogP contribution in [0.3, 0.4) is 0 Å². The van der Waals surface area contributed by atoms with Crippen molar-refractivity contribution in [3.8, 4) is 45.3 Å². The maximum atomic E-state index is 13.2. The Morgan fingerprint density at radius 3 is 1.82 bits per heavy atom. The Balaban J connectivity index is 0.903. The smallest absolute Gasteiger partial charge is 0.244 e. The summed E-state index contributed by atoms with van der Waals surface area (Å²) in [4.78, 5) is 43.8. The van der Waals surface area contributed by atoms with Crippen molar-refractivity contribution in [1.29, 1.82) is 0 Å². The molecule has 2 aliphatic heterocycles. The van der Waals surface area contributed by atoms with Crippen molar-refractivity contribution in [2.45, 2.75) is 37.0 Å². The van der Waals surface area contributed by atoms with Crippen molar-refractivity contribution in [2.24, 2.45) is 0 Å². The van der Waals surface area contributed by atoms with Crippen LogP contribution in [0.25, 0.3) is 44.1 Å². The van der Waals surface area contributed by atoms with Gasteiger partial charge in [0.25, 0.3) is 0 Å². The van der Waals surface area contributed by atoms with E-state index in [-0.39, 0.29) is 52.6 Å². The molecule has 2 amide bonds. The number of aromatic nitrogens is 4. The van der Waals surface area contributed by atoms with Gasteiger partial charge in [-0.1, -0.05) is 65.1 Å². The third-order valence-corrected chi connectivity index (χ3v) is 13.1. The van der Waals surface area contributed by atoms with Gasteiger partial charge in [-0.25, -0.2) is 19.9 Å². The van der Waals surface area contributed by atoms with E-state index in [0.29, 0.717) is 112 Å². The van der Waals surface area contributed by atoms with Gasteiger partial charge in [-0.2, -0.15) is 0 Å². The second kappa shape index (κ2) is 21.9. The van der Waals surface area contributed by atoms with Gasteiger partial charge in [-0.05, 0) is 66.9 Å². The van der Waals surface area contributed by atoms with Gasteiger partial charge >= 0.3 is 0 Å². The summed E-state index contributed by atoms with van der Waals surface area (Å²) in [6.45, 7) is 5.77. The summed E-state index contributed by atoms with van der Waals surface area (Å²) < 4.78 is 28.2. The van der Waals surface area contributed by atoms with E-state index in [1.807, 2.05) is 36.4 Å². The monoisotopic (exact) mass is 1000 g/mol. The molecule has 2 aromatic heterocycles.